The summed E-state index contributed by atoms with van der Waals surface area (Å²) in [6.45, 7) is 2.77. The van der Waals surface area contributed by atoms with E-state index in [2.05, 4.69) is 32.6 Å². The zero-order chi connectivity index (χ0) is 11.4. The summed E-state index contributed by atoms with van der Waals surface area (Å²) in [5.41, 5.74) is 5.57. The first-order valence-corrected chi connectivity index (χ1v) is 5.97. The molecule has 0 radical (unpaired) electrons. The molecule has 0 spiro atoms. The van der Waals surface area contributed by atoms with Crippen LogP contribution in [0.5, 0.6) is 0 Å². The number of aromatic nitrogens is 2. The van der Waals surface area contributed by atoms with Crippen molar-refractivity contribution in [3.63, 3.8) is 0 Å². The van der Waals surface area contributed by atoms with Crippen LogP contribution in [0, 0.1) is 9.49 Å². The van der Waals surface area contributed by atoms with E-state index in [1.807, 2.05) is 18.9 Å². The van der Waals surface area contributed by atoms with E-state index in [9.17, 15) is 0 Å². The highest BCUT2D eigenvalue weighted by Crippen LogP contribution is 2.17. The maximum Gasteiger partial charge on any atom is 0.145 e. The first kappa shape index (κ1) is 12.6. The van der Waals surface area contributed by atoms with E-state index in [0.29, 0.717) is 4.99 Å². The van der Waals surface area contributed by atoms with E-state index in [1.165, 1.54) is 0 Å². The maximum absolute atomic E-state index is 5.57. The topological polar surface area (TPSA) is 55.0 Å². The Morgan fingerprint density at radius 1 is 1.73 bits per heavy atom. The van der Waals surface area contributed by atoms with Crippen LogP contribution < -0.4 is 10.6 Å². The van der Waals surface area contributed by atoms with E-state index >= 15 is 0 Å². The van der Waals surface area contributed by atoms with Crippen molar-refractivity contribution >= 4 is 45.6 Å². The fraction of sp³-hybridized carbons (Fsp3) is 0.444. The van der Waals surface area contributed by atoms with Gasteiger partial charge in [-0.2, -0.15) is 0 Å². The Labute approximate surface area is 108 Å². The van der Waals surface area contributed by atoms with Gasteiger partial charge in [0.15, 0.2) is 0 Å². The number of thiocarbonyl (C=S) groups is 1. The molecule has 1 aromatic heterocycles. The molecule has 0 fully saturated rings. The molecule has 0 amide bonds. The number of rotatable bonds is 4. The summed E-state index contributed by atoms with van der Waals surface area (Å²) in [5, 5.41) is 0. The largest absolute Gasteiger partial charge is 0.393 e. The Bertz CT molecular complexity index is 358. The zero-order valence-electron chi connectivity index (χ0n) is 8.64. The molecule has 0 saturated carbocycles. The van der Waals surface area contributed by atoms with E-state index in [-0.39, 0.29) is 5.92 Å². The predicted molar refractivity (Wildman–Crippen MR) is 74.0 cm³/mol. The molecular weight excluding hydrogens is 323 g/mol. The summed E-state index contributed by atoms with van der Waals surface area (Å²) >= 11 is 7.14. The second-order valence-corrected chi connectivity index (χ2v) is 5.01. The molecule has 0 aliphatic heterocycles. The van der Waals surface area contributed by atoms with Crippen molar-refractivity contribution in [3.8, 4) is 0 Å². The predicted octanol–water partition coefficient (Wildman–Crippen LogP) is 1.44. The number of nitrogens with two attached hydrogens (primary N) is 1. The van der Waals surface area contributed by atoms with Crippen molar-refractivity contribution in [2.75, 3.05) is 18.5 Å². The highest BCUT2D eigenvalue weighted by Gasteiger charge is 2.12. The molecule has 4 nitrogen and oxygen atoms in total. The molecule has 1 heterocycles. The minimum atomic E-state index is 0.177. The zero-order valence-corrected chi connectivity index (χ0v) is 11.6. The number of hydrogen-bond donors (Lipinski definition) is 1. The van der Waals surface area contributed by atoms with Gasteiger partial charge >= 0.3 is 0 Å². The van der Waals surface area contributed by atoms with Crippen LogP contribution in [0.4, 0.5) is 5.82 Å². The van der Waals surface area contributed by atoms with E-state index in [1.54, 1.807) is 12.5 Å². The van der Waals surface area contributed by atoms with E-state index < -0.39 is 0 Å². The van der Waals surface area contributed by atoms with Gasteiger partial charge in [0.2, 0.25) is 0 Å². The minimum Gasteiger partial charge on any atom is -0.393 e. The third-order valence-corrected chi connectivity index (χ3v) is 3.21. The second kappa shape index (κ2) is 5.55. The quantitative estimate of drug-likeness (QED) is 0.666. The van der Waals surface area contributed by atoms with Crippen molar-refractivity contribution in [1.82, 2.24) is 9.97 Å². The minimum absolute atomic E-state index is 0.177. The molecule has 15 heavy (non-hydrogen) atoms. The van der Waals surface area contributed by atoms with Crippen LogP contribution in [-0.4, -0.2) is 28.5 Å². The average Bonchev–Trinajstić information content (AvgIpc) is 2.18. The van der Waals surface area contributed by atoms with Crippen LogP contribution in [0.1, 0.15) is 6.92 Å². The summed E-state index contributed by atoms with van der Waals surface area (Å²) < 4.78 is 1.02. The molecule has 2 N–H and O–H groups in total. The van der Waals surface area contributed by atoms with Crippen LogP contribution in [0.25, 0.3) is 0 Å². The molecule has 0 saturated heterocycles. The Balaban J connectivity index is 2.73. The molecule has 0 aliphatic carbocycles. The highest BCUT2D eigenvalue weighted by molar-refractivity contribution is 14.1. The summed E-state index contributed by atoms with van der Waals surface area (Å²) in [4.78, 5) is 10.7. The lowest BCUT2D eigenvalue weighted by molar-refractivity contribution is 0.732. The Hall–Kier alpha value is -0.500. The van der Waals surface area contributed by atoms with Gasteiger partial charge in [-0.15, -0.1) is 0 Å². The van der Waals surface area contributed by atoms with Gasteiger partial charge in [-0.05, 0) is 22.6 Å². The SMILES string of the molecule is CC(CN(C)c1ncncc1I)C(N)=S. The maximum atomic E-state index is 5.57. The van der Waals surface area contributed by atoms with Crippen LogP contribution in [-0.2, 0) is 0 Å². The highest BCUT2D eigenvalue weighted by atomic mass is 127. The first-order chi connectivity index (χ1) is 7.02. The first-order valence-electron chi connectivity index (χ1n) is 4.48. The third kappa shape index (κ3) is 3.53. The molecule has 6 heteroatoms. The number of hydrogen-bond acceptors (Lipinski definition) is 4. The third-order valence-electron chi connectivity index (χ3n) is 2.04. The van der Waals surface area contributed by atoms with Crippen molar-refractivity contribution in [1.29, 1.82) is 0 Å². The number of nitrogens with zero attached hydrogens (tertiary/aromatic N) is 3. The van der Waals surface area contributed by atoms with Crippen molar-refractivity contribution in [2.45, 2.75) is 6.92 Å². The lowest BCUT2D eigenvalue weighted by atomic mass is 10.2. The van der Waals surface area contributed by atoms with Crippen LogP contribution in [0.3, 0.4) is 0 Å². The number of anilines is 1. The van der Waals surface area contributed by atoms with Crippen LogP contribution in [0.15, 0.2) is 12.5 Å². The lowest BCUT2D eigenvalue weighted by Gasteiger charge is -2.22. The molecule has 0 bridgehead atoms. The van der Waals surface area contributed by atoms with Gasteiger partial charge in [-0.1, -0.05) is 19.1 Å². The molecule has 0 aromatic carbocycles. The lowest BCUT2D eigenvalue weighted by Crippen LogP contribution is -2.32. The van der Waals surface area contributed by atoms with Crippen LogP contribution in [0.2, 0.25) is 0 Å². The smallest absolute Gasteiger partial charge is 0.145 e. The van der Waals surface area contributed by atoms with E-state index in [4.69, 9.17) is 18.0 Å². The van der Waals surface area contributed by atoms with Crippen molar-refractivity contribution in [3.05, 3.63) is 16.1 Å². The average molecular weight is 336 g/mol. The van der Waals surface area contributed by atoms with Gasteiger partial charge in [-0.25, -0.2) is 9.97 Å². The summed E-state index contributed by atoms with van der Waals surface area (Å²) in [6.07, 6.45) is 3.32. The van der Waals surface area contributed by atoms with Gasteiger partial charge < -0.3 is 10.6 Å². The fourth-order valence-electron chi connectivity index (χ4n) is 1.17. The Morgan fingerprint density at radius 2 is 2.40 bits per heavy atom. The van der Waals surface area contributed by atoms with Crippen LogP contribution >= 0.6 is 34.8 Å². The molecular formula is C9H13IN4S. The van der Waals surface area contributed by atoms with Gasteiger partial charge in [0, 0.05) is 25.7 Å². The van der Waals surface area contributed by atoms with Crippen molar-refractivity contribution in [2.24, 2.45) is 11.7 Å². The fourth-order valence-corrected chi connectivity index (χ4v) is 1.96. The molecule has 1 rings (SSSR count). The summed E-state index contributed by atoms with van der Waals surface area (Å²) in [5.74, 6) is 1.09. The number of halogens is 1. The molecule has 82 valence electrons. The molecule has 1 unspecified atom stereocenters. The summed E-state index contributed by atoms with van der Waals surface area (Å²) in [6, 6.07) is 0. The van der Waals surface area contributed by atoms with Gasteiger partial charge in [0.1, 0.15) is 12.1 Å². The molecule has 1 atom stereocenters. The monoisotopic (exact) mass is 336 g/mol. The second-order valence-electron chi connectivity index (χ2n) is 3.38. The van der Waals surface area contributed by atoms with Gasteiger partial charge in [-0.3, -0.25) is 0 Å². The molecule has 0 aliphatic rings. The van der Waals surface area contributed by atoms with Crippen molar-refractivity contribution < 1.29 is 0 Å². The van der Waals surface area contributed by atoms with Gasteiger partial charge in [0.05, 0.1) is 8.56 Å². The standard InChI is InChI=1S/C9H13IN4S/c1-6(8(11)15)4-14(2)9-7(10)3-12-5-13-9/h3,5-6H,4H2,1-2H3,(H2,11,15). The molecule has 1 aromatic rings. The Morgan fingerprint density at radius 3 is 2.93 bits per heavy atom. The Kier molecular flexibility index (Phi) is 4.65. The van der Waals surface area contributed by atoms with E-state index in [0.717, 1.165) is 15.9 Å². The summed E-state index contributed by atoms with van der Waals surface area (Å²) in [7, 11) is 1.97. The van der Waals surface area contributed by atoms with Gasteiger partial charge in [0.25, 0.3) is 0 Å². The normalized spacial score (nSPS) is 12.2.